The third kappa shape index (κ3) is 5.79. The number of hydrogen-bond acceptors (Lipinski definition) is 2. The maximum absolute atomic E-state index is 8.47. The molecule has 2 heteroatoms. The van der Waals surface area contributed by atoms with E-state index in [1.165, 1.54) is 5.57 Å². The van der Waals surface area contributed by atoms with Gasteiger partial charge in [0, 0.05) is 6.61 Å². The molecule has 0 aromatic carbocycles. The van der Waals surface area contributed by atoms with E-state index in [1.54, 1.807) is 6.08 Å². The third-order valence-corrected chi connectivity index (χ3v) is 1.42. The quantitative estimate of drug-likeness (QED) is 0.448. The van der Waals surface area contributed by atoms with Gasteiger partial charge in [-0.3, -0.25) is 0 Å². The van der Waals surface area contributed by atoms with E-state index >= 15 is 0 Å². The first-order valence-corrected chi connectivity index (χ1v) is 3.68. The number of unbranched alkanes of at least 4 members (excludes halogenated alkanes) is 1. The van der Waals surface area contributed by atoms with Crippen LogP contribution in [-0.2, 0) is 0 Å². The minimum atomic E-state index is 0.130. The van der Waals surface area contributed by atoms with Crippen LogP contribution in [0.5, 0.6) is 0 Å². The van der Waals surface area contributed by atoms with Crippen molar-refractivity contribution >= 4 is 0 Å². The Balaban J connectivity index is 3.21. The van der Waals surface area contributed by atoms with Crippen LogP contribution in [0.15, 0.2) is 11.6 Å². The Morgan fingerprint density at radius 3 is 2.50 bits per heavy atom. The van der Waals surface area contributed by atoms with Gasteiger partial charge in [-0.2, -0.15) is 0 Å². The molecule has 0 aromatic rings. The van der Waals surface area contributed by atoms with Crippen molar-refractivity contribution in [1.29, 1.82) is 0 Å². The molecular weight excluding hydrogens is 128 g/mol. The lowest BCUT2D eigenvalue weighted by Crippen LogP contribution is -1.85. The lowest BCUT2D eigenvalue weighted by Gasteiger charge is -1.97. The predicted octanol–water partition coefficient (Wildman–Crippen LogP) is 1.09. The van der Waals surface area contributed by atoms with Gasteiger partial charge < -0.3 is 10.2 Å². The van der Waals surface area contributed by atoms with Crippen molar-refractivity contribution in [2.45, 2.75) is 26.2 Å². The van der Waals surface area contributed by atoms with Crippen LogP contribution in [0.4, 0.5) is 0 Å². The van der Waals surface area contributed by atoms with Crippen LogP contribution in [0.1, 0.15) is 26.2 Å². The van der Waals surface area contributed by atoms with Crippen molar-refractivity contribution in [2.75, 3.05) is 13.2 Å². The Morgan fingerprint density at radius 2 is 2.00 bits per heavy atom. The molecule has 0 aliphatic rings. The second-order valence-corrected chi connectivity index (χ2v) is 2.41. The van der Waals surface area contributed by atoms with Crippen LogP contribution in [-0.4, -0.2) is 23.4 Å². The Bertz CT molecular complexity index is 97.4. The first-order valence-electron chi connectivity index (χ1n) is 3.68. The van der Waals surface area contributed by atoms with Gasteiger partial charge in [-0.25, -0.2) is 0 Å². The molecule has 0 amide bonds. The van der Waals surface area contributed by atoms with Crippen molar-refractivity contribution in [3.05, 3.63) is 11.6 Å². The second kappa shape index (κ2) is 6.78. The number of aliphatic hydroxyl groups excluding tert-OH is 2. The lowest BCUT2D eigenvalue weighted by atomic mass is 10.1. The van der Waals surface area contributed by atoms with Gasteiger partial charge in [-0.15, -0.1) is 0 Å². The van der Waals surface area contributed by atoms with Crippen LogP contribution >= 0.6 is 0 Å². The van der Waals surface area contributed by atoms with E-state index in [9.17, 15) is 0 Å². The summed E-state index contributed by atoms with van der Waals surface area (Å²) >= 11 is 0. The van der Waals surface area contributed by atoms with E-state index in [0.717, 1.165) is 19.3 Å². The Morgan fingerprint density at radius 1 is 1.30 bits per heavy atom. The van der Waals surface area contributed by atoms with Crippen molar-refractivity contribution < 1.29 is 10.2 Å². The predicted molar refractivity (Wildman–Crippen MR) is 41.8 cm³/mol. The van der Waals surface area contributed by atoms with Crippen molar-refractivity contribution in [3.63, 3.8) is 0 Å². The largest absolute Gasteiger partial charge is 0.396 e. The summed E-state index contributed by atoms with van der Waals surface area (Å²) in [5.74, 6) is 0. The van der Waals surface area contributed by atoms with Crippen LogP contribution < -0.4 is 0 Å². The first-order chi connectivity index (χ1) is 4.81. The average Bonchev–Trinajstić information content (AvgIpc) is 1.89. The van der Waals surface area contributed by atoms with Crippen LogP contribution in [0.3, 0.4) is 0 Å². The highest BCUT2D eigenvalue weighted by molar-refractivity contribution is 4.97. The molecule has 0 aromatic heterocycles. The molecule has 0 saturated heterocycles. The summed E-state index contributed by atoms with van der Waals surface area (Å²) in [6.07, 6.45) is 4.66. The Hall–Kier alpha value is -0.340. The van der Waals surface area contributed by atoms with Gasteiger partial charge in [0.25, 0.3) is 0 Å². The van der Waals surface area contributed by atoms with E-state index in [2.05, 4.69) is 0 Å². The standard InChI is InChI=1S/C8H16O2/c1-8(5-7-10)4-2-3-6-9/h5,9-10H,2-4,6-7H2,1H3/b8-5+. The molecule has 0 spiro atoms. The summed E-state index contributed by atoms with van der Waals surface area (Å²) in [6, 6.07) is 0. The van der Waals surface area contributed by atoms with Gasteiger partial charge in [-0.05, 0) is 26.2 Å². The fourth-order valence-electron chi connectivity index (χ4n) is 0.774. The van der Waals surface area contributed by atoms with Crippen LogP contribution in [0, 0.1) is 0 Å². The molecule has 10 heavy (non-hydrogen) atoms. The molecule has 0 aliphatic carbocycles. The topological polar surface area (TPSA) is 40.5 Å². The van der Waals surface area contributed by atoms with E-state index in [1.807, 2.05) is 6.92 Å². The zero-order chi connectivity index (χ0) is 7.82. The molecule has 0 rings (SSSR count). The molecule has 2 N–H and O–H groups in total. The molecule has 0 heterocycles. The first kappa shape index (κ1) is 9.66. The zero-order valence-electron chi connectivity index (χ0n) is 6.51. The van der Waals surface area contributed by atoms with E-state index in [4.69, 9.17) is 10.2 Å². The SMILES string of the molecule is C/C(=C\CO)CCCCO. The monoisotopic (exact) mass is 144 g/mol. The molecule has 2 nitrogen and oxygen atoms in total. The molecule has 0 radical (unpaired) electrons. The molecule has 0 aliphatic heterocycles. The van der Waals surface area contributed by atoms with Gasteiger partial charge in [0.1, 0.15) is 0 Å². The van der Waals surface area contributed by atoms with Crippen molar-refractivity contribution in [1.82, 2.24) is 0 Å². The number of rotatable bonds is 5. The van der Waals surface area contributed by atoms with Gasteiger partial charge in [0.05, 0.1) is 6.61 Å². The fourth-order valence-corrected chi connectivity index (χ4v) is 0.774. The van der Waals surface area contributed by atoms with Crippen LogP contribution in [0.25, 0.3) is 0 Å². The van der Waals surface area contributed by atoms with Gasteiger partial charge in [0.15, 0.2) is 0 Å². The highest BCUT2D eigenvalue weighted by atomic mass is 16.3. The summed E-state index contributed by atoms with van der Waals surface area (Å²) in [6.45, 7) is 2.39. The number of hydrogen-bond donors (Lipinski definition) is 2. The van der Waals surface area contributed by atoms with Gasteiger partial charge in [0.2, 0.25) is 0 Å². The minimum absolute atomic E-state index is 0.130. The molecule has 0 saturated carbocycles. The molecule has 60 valence electrons. The molecule has 0 fully saturated rings. The van der Waals surface area contributed by atoms with Gasteiger partial charge in [-0.1, -0.05) is 11.6 Å². The maximum Gasteiger partial charge on any atom is 0.0614 e. The normalized spacial score (nSPS) is 12.1. The minimum Gasteiger partial charge on any atom is -0.396 e. The fraction of sp³-hybridized carbons (Fsp3) is 0.750. The third-order valence-electron chi connectivity index (χ3n) is 1.42. The van der Waals surface area contributed by atoms with Gasteiger partial charge >= 0.3 is 0 Å². The maximum atomic E-state index is 8.47. The molecule has 0 unspecified atom stereocenters. The summed E-state index contributed by atoms with van der Waals surface area (Å²) in [7, 11) is 0. The highest BCUT2D eigenvalue weighted by Crippen LogP contribution is 2.04. The summed E-state index contributed by atoms with van der Waals surface area (Å²) in [4.78, 5) is 0. The second-order valence-electron chi connectivity index (χ2n) is 2.41. The zero-order valence-corrected chi connectivity index (χ0v) is 6.51. The molecular formula is C8H16O2. The van der Waals surface area contributed by atoms with Crippen molar-refractivity contribution in [2.24, 2.45) is 0 Å². The van der Waals surface area contributed by atoms with E-state index < -0.39 is 0 Å². The smallest absolute Gasteiger partial charge is 0.0614 e. The highest BCUT2D eigenvalue weighted by Gasteiger charge is 1.88. The summed E-state index contributed by atoms with van der Waals surface area (Å²) in [5, 5.41) is 16.9. The molecule has 0 atom stereocenters. The van der Waals surface area contributed by atoms with Crippen LogP contribution in [0.2, 0.25) is 0 Å². The lowest BCUT2D eigenvalue weighted by molar-refractivity contribution is 0.284. The van der Waals surface area contributed by atoms with Crippen molar-refractivity contribution in [3.8, 4) is 0 Å². The van der Waals surface area contributed by atoms with E-state index in [0.29, 0.717) is 0 Å². The molecule has 0 bridgehead atoms. The summed E-state index contributed by atoms with van der Waals surface area (Å²) in [5.41, 5.74) is 1.20. The number of aliphatic hydroxyl groups is 2. The average molecular weight is 144 g/mol. The summed E-state index contributed by atoms with van der Waals surface area (Å²) < 4.78 is 0. The van der Waals surface area contributed by atoms with E-state index in [-0.39, 0.29) is 13.2 Å². The number of allylic oxidation sites excluding steroid dienone is 1. The Kier molecular flexibility index (Phi) is 6.55. The Labute approximate surface area is 62.2 Å².